The highest BCUT2D eigenvalue weighted by molar-refractivity contribution is 5.75. The molecule has 26 heavy (non-hydrogen) atoms. The van der Waals surface area contributed by atoms with E-state index in [1.165, 1.54) is 25.7 Å². The van der Waals surface area contributed by atoms with Crippen molar-refractivity contribution in [3.63, 3.8) is 0 Å². The predicted octanol–water partition coefficient (Wildman–Crippen LogP) is 6.77. The topological polar surface area (TPSA) is 26.3 Å². The Morgan fingerprint density at radius 3 is 1.88 bits per heavy atom. The summed E-state index contributed by atoms with van der Waals surface area (Å²) in [6.07, 6.45) is 8.69. The smallest absolute Gasteiger partial charge is 0.314 e. The Balaban J connectivity index is 0.00000243. The average Bonchev–Trinajstić information content (AvgIpc) is 2.60. The average molecular weight is 374 g/mol. The standard InChI is InChI=1S/C20H25F3O2.CH4.2H2/c1-12-2-4-13(5-3-12)14-6-8-15(9-7-14)20(24)25-16-10-17(21)19(23)18(22)11-16;;;/h10-15H,2-9H2,1H3;1H4;2*1H. The molecule has 1 aromatic carbocycles. The van der Waals surface area contributed by atoms with Gasteiger partial charge in [-0.05, 0) is 56.3 Å². The minimum atomic E-state index is -1.55. The summed E-state index contributed by atoms with van der Waals surface area (Å²) in [5.41, 5.74) is 0. The van der Waals surface area contributed by atoms with E-state index in [2.05, 4.69) is 6.92 Å². The van der Waals surface area contributed by atoms with Gasteiger partial charge in [0.1, 0.15) is 5.75 Å². The molecule has 1 aromatic rings. The van der Waals surface area contributed by atoms with E-state index in [0.29, 0.717) is 18.1 Å². The highest BCUT2D eigenvalue weighted by atomic mass is 19.2. The van der Waals surface area contributed by atoms with Crippen LogP contribution in [0.4, 0.5) is 13.2 Å². The Morgan fingerprint density at radius 1 is 0.923 bits per heavy atom. The number of hydrogen-bond acceptors (Lipinski definition) is 2. The molecule has 2 aliphatic rings. The van der Waals surface area contributed by atoms with Crippen LogP contribution in [0.25, 0.3) is 0 Å². The molecule has 2 aliphatic carbocycles. The van der Waals surface area contributed by atoms with Gasteiger partial charge in [0.2, 0.25) is 0 Å². The zero-order valence-corrected chi connectivity index (χ0v) is 14.6. The van der Waals surface area contributed by atoms with Crippen LogP contribution in [-0.2, 0) is 4.79 Å². The van der Waals surface area contributed by atoms with E-state index in [1.54, 1.807) is 0 Å². The number of benzene rings is 1. The summed E-state index contributed by atoms with van der Waals surface area (Å²) in [7, 11) is 0. The Bertz CT molecular complexity index is 603. The van der Waals surface area contributed by atoms with Crippen LogP contribution in [0.15, 0.2) is 12.1 Å². The van der Waals surface area contributed by atoms with Crippen LogP contribution < -0.4 is 4.74 Å². The molecule has 150 valence electrons. The van der Waals surface area contributed by atoms with Gasteiger partial charge in [-0.1, -0.05) is 27.2 Å². The first-order chi connectivity index (χ1) is 11.9. The van der Waals surface area contributed by atoms with E-state index >= 15 is 0 Å². The van der Waals surface area contributed by atoms with Crippen molar-refractivity contribution < 1.29 is 25.6 Å². The first kappa shape index (κ1) is 20.8. The summed E-state index contributed by atoms with van der Waals surface area (Å²) in [5.74, 6) is -2.95. The lowest BCUT2D eigenvalue weighted by Gasteiger charge is -2.36. The van der Waals surface area contributed by atoms with E-state index in [1.807, 2.05) is 0 Å². The molecule has 0 aliphatic heterocycles. The molecule has 0 bridgehead atoms. The van der Waals surface area contributed by atoms with Crippen LogP contribution in [0.3, 0.4) is 0 Å². The molecule has 0 heterocycles. The normalized spacial score (nSPS) is 28.9. The van der Waals surface area contributed by atoms with Crippen LogP contribution in [0.1, 0.15) is 68.6 Å². The molecule has 0 radical (unpaired) electrons. The number of carbonyl (C=O) groups excluding carboxylic acids is 1. The molecule has 0 spiro atoms. The number of rotatable bonds is 3. The van der Waals surface area contributed by atoms with Gasteiger partial charge in [-0.3, -0.25) is 4.79 Å². The van der Waals surface area contributed by atoms with E-state index in [0.717, 1.165) is 37.5 Å². The monoisotopic (exact) mass is 374 g/mol. The Labute approximate surface area is 157 Å². The van der Waals surface area contributed by atoms with Crippen molar-refractivity contribution in [1.29, 1.82) is 0 Å². The summed E-state index contributed by atoms with van der Waals surface area (Å²) >= 11 is 0. The van der Waals surface area contributed by atoms with Gasteiger partial charge < -0.3 is 4.74 Å². The number of esters is 1. The largest absolute Gasteiger partial charge is 0.426 e. The van der Waals surface area contributed by atoms with Crippen LogP contribution >= 0.6 is 0 Å². The zero-order chi connectivity index (χ0) is 18.0. The van der Waals surface area contributed by atoms with Crippen LogP contribution in [0.5, 0.6) is 5.75 Å². The fourth-order valence-corrected chi connectivity index (χ4v) is 4.37. The first-order valence-electron chi connectivity index (χ1n) is 9.30. The van der Waals surface area contributed by atoms with Crippen LogP contribution in [-0.4, -0.2) is 5.97 Å². The van der Waals surface area contributed by atoms with Crippen molar-refractivity contribution in [2.24, 2.45) is 23.7 Å². The SMILES string of the molecule is C.CC1CCC(C2CCC(C(=O)Oc3cc(F)c(F)c(F)c3)CC2)CC1.[HH].[HH]. The predicted molar refractivity (Wildman–Crippen MR) is 99.5 cm³/mol. The molecule has 0 saturated heterocycles. The van der Waals surface area contributed by atoms with Gasteiger partial charge in [0.25, 0.3) is 0 Å². The molecule has 0 aromatic heterocycles. The number of carbonyl (C=O) groups is 1. The van der Waals surface area contributed by atoms with Gasteiger partial charge in [0, 0.05) is 15.0 Å². The van der Waals surface area contributed by atoms with Crippen LogP contribution in [0.2, 0.25) is 0 Å². The third kappa shape index (κ3) is 4.80. The lowest BCUT2D eigenvalue weighted by atomic mass is 9.69. The van der Waals surface area contributed by atoms with Crippen molar-refractivity contribution >= 4 is 5.97 Å². The molecular formula is C21H33F3O2. The molecule has 0 unspecified atom stereocenters. The number of halogens is 3. The lowest BCUT2D eigenvalue weighted by molar-refractivity contribution is -0.140. The van der Waals surface area contributed by atoms with Crippen molar-refractivity contribution in [3.8, 4) is 5.75 Å². The van der Waals surface area contributed by atoms with Gasteiger partial charge in [-0.25, -0.2) is 13.2 Å². The Hall–Kier alpha value is -1.52. The second kappa shape index (κ2) is 8.92. The second-order valence-corrected chi connectivity index (χ2v) is 7.75. The third-order valence-corrected chi connectivity index (χ3v) is 6.01. The van der Waals surface area contributed by atoms with Crippen molar-refractivity contribution in [2.75, 3.05) is 0 Å². The lowest BCUT2D eigenvalue weighted by Crippen LogP contribution is -2.29. The van der Waals surface area contributed by atoms with E-state index in [4.69, 9.17) is 4.74 Å². The minimum Gasteiger partial charge on any atom is -0.426 e. The van der Waals surface area contributed by atoms with Crippen LogP contribution in [0, 0.1) is 41.1 Å². The third-order valence-electron chi connectivity index (χ3n) is 6.01. The summed E-state index contributed by atoms with van der Waals surface area (Å²) in [6.45, 7) is 2.31. The molecule has 0 atom stereocenters. The summed E-state index contributed by atoms with van der Waals surface area (Å²) in [5, 5.41) is 0. The second-order valence-electron chi connectivity index (χ2n) is 7.75. The maximum Gasteiger partial charge on any atom is 0.314 e. The molecule has 2 saturated carbocycles. The summed E-state index contributed by atoms with van der Waals surface area (Å²) < 4.78 is 44.5. The maximum atomic E-state index is 13.2. The van der Waals surface area contributed by atoms with E-state index in [-0.39, 0.29) is 21.9 Å². The van der Waals surface area contributed by atoms with Gasteiger partial charge >= 0.3 is 5.97 Å². The fourth-order valence-electron chi connectivity index (χ4n) is 4.37. The number of hydrogen-bond donors (Lipinski definition) is 0. The van der Waals surface area contributed by atoms with Gasteiger partial charge in [-0.2, -0.15) is 0 Å². The minimum absolute atomic E-state index is 0. The molecule has 5 heteroatoms. The molecule has 2 nitrogen and oxygen atoms in total. The highest BCUT2D eigenvalue weighted by Crippen LogP contribution is 2.41. The summed E-state index contributed by atoms with van der Waals surface area (Å²) in [4.78, 5) is 12.2. The maximum absolute atomic E-state index is 13.2. The van der Waals surface area contributed by atoms with E-state index in [9.17, 15) is 18.0 Å². The van der Waals surface area contributed by atoms with Crippen molar-refractivity contribution in [3.05, 3.63) is 29.6 Å². The van der Waals surface area contributed by atoms with Crippen molar-refractivity contribution in [1.82, 2.24) is 0 Å². The van der Waals surface area contributed by atoms with Crippen molar-refractivity contribution in [2.45, 2.75) is 65.7 Å². The molecule has 0 amide bonds. The van der Waals surface area contributed by atoms with E-state index < -0.39 is 23.4 Å². The molecule has 0 N–H and O–H groups in total. The highest BCUT2D eigenvalue weighted by Gasteiger charge is 2.33. The van der Waals surface area contributed by atoms with Gasteiger partial charge in [-0.15, -0.1) is 0 Å². The van der Waals surface area contributed by atoms with Gasteiger partial charge in [0.05, 0.1) is 5.92 Å². The molecule has 2 fully saturated rings. The fraction of sp³-hybridized carbons (Fsp3) is 0.667. The summed E-state index contributed by atoms with van der Waals surface area (Å²) in [6, 6.07) is 1.43. The zero-order valence-electron chi connectivity index (χ0n) is 14.6. The number of ether oxygens (including phenoxy) is 1. The molecular weight excluding hydrogens is 341 g/mol. The van der Waals surface area contributed by atoms with Gasteiger partial charge in [0.15, 0.2) is 17.5 Å². The Kier molecular flexibility index (Phi) is 7.13. The Morgan fingerprint density at radius 2 is 1.38 bits per heavy atom. The quantitative estimate of drug-likeness (QED) is 0.331. The first-order valence-corrected chi connectivity index (χ1v) is 9.30. The molecule has 3 rings (SSSR count).